The maximum Gasteiger partial charge on any atom is 0.417 e. The molecule has 2 aliphatic heterocycles. The van der Waals surface area contributed by atoms with E-state index in [0.29, 0.717) is 50.4 Å². The maximum atomic E-state index is 15.5. The summed E-state index contributed by atoms with van der Waals surface area (Å²) in [5.74, 6) is -1.85. The standard InChI is InChI=1S/C21H17F5N6O.C8H16FN/c1-33-20-30-18-14(19(31-20)32-7-6-28-12(10-32)4-5-27)9-29-17(16(18)23)13-8-11(22)2-3-15(13)21(24,25)26;1-3-8-5-7(9)6-10(8)4-2/h2-3,8-9,12,28H,4,6-7,10H2,1H3;7-8H,3-6H2,1-2H3. The number of piperazine rings is 1. The lowest BCUT2D eigenvalue weighted by Gasteiger charge is -2.34. The molecule has 232 valence electrons. The number of rotatable bonds is 6. The van der Waals surface area contributed by atoms with E-state index < -0.39 is 40.8 Å². The molecule has 5 rings (SSSR count). The Morgan fingerprint density at radius 1 is 1.16 bits per heavy atom. The highest BCUT2D eigenvalue weighted by Crippen LogP contribution is 2.39. The molecule has 3 aromatic rings. The third-order valence-electron chi connectivity index (χ3n) is 7.62. The Morgan fingerprint density at radius 3 is 2.56 bits per heavy atom. The molecule has 43 heavy (non-hydrogen) atoms. The first kappa shape index (κ1) is 32.2. The molecule has 2 aromatic heterocycles. The number of benzene rings is 1. The summed E-state index contributed by atoms with van der Waals surface area (Å²) in [6, 6.07) is 4.02. The van der Waals surface area contributed by atoms with Crippen molar-refractivity contribution in [2.24, 2.45) is 0 Å². The summed E-state index contributed by atoms with van der Waals surface area (Å²) < 4.78 is 87.6. The Morgan fingerprint density at radius 2 is 1.93 bits per heavy atom. The molecule has 3 atom stereocenters. The van der Waals surface area contributed by atoms with Gasteiger partial charge in [0, 0.05) is 50.0 Å². The first-order chi connectivity index (χ1) is 20.5. The number of nitrogens with one attached hydrogen (secondary N) is 1. The minimum Gasteiger partial charge on any atom is -0.467 e. The molecule has 4 heterocycles. The van der Waals surface area contributed by atoms with Gasteiger partial charge in [-0.15, -0.1) is 0 Å². The first-order valence-electron chi connectivity index (χ1n) is 14.0. The number of likely N-dealkylation sites (tertiary alicyclic amines) is 1. The van der Waals surface area contributed by atoms with Crippen molar-refractivity contribution >= 4 is 16.7 Å². The average molecular weight is 610 g/mol. The minimum atomic E-state index is -4.85. The summed E-state index contributed by atoms with van der Waals surface area (Å²) in [4.78, 5) is 16.2. The number of aromatic nitrogens is 3. The fraction of sp³-hybridized carbons (Fsp3) is 0.517. The Kier molecular flexibility index (Phi) is 10.3. The largest absolute Gasteiger partial charge is 0.467 e. The predicted molar refractivity (Wildman–Crippen MR) is 149 cm³/mol. The molecule has 2 aliphatic rings. The van der Waals surface area contributed by atoms with Crippen molar-refractivity contribution in [1.29, 1.82) is 5.26 Å². The molecule has 0 bridgehead atoms. The number of alkyl halides is 4. The van der Waals surface area contributed by atoms with Gasteiger partial charge in [0.05, 0.1) is 30.5 Å². The molecule has 14 heteroatoms. The topological polar surface area (TPSA) is 90.2 Å². The molecule has 0 radical (unpaired) electrons. The SMILES string of the molecule is CCC1CC(F)CN1CC.COc1nc(N2CCNC(CC#N)C2)c2cnc(-c3cc(F)ccc3C(F)(F)F)c(F)c2n1. The van der Waals surface area contributed by atoms with Gasteiger partial charge in [-0.2, -0.15) is 28.4 Å². The highest BCUT2D eigenvalue weighted by atomic mass is 19.4. The fourth-order valence-electron chi connectivity index (χ4n) is 5.50. The number of fused-ring (bicyclic) bond motifs is 1. The van der Waals surface area contributed by atoms with Gasteiger partial charge in [0.1, 0.15) is 29.0 Å². The van der Waals surface area contributed by atoms with Crippen LogP contribution in [0.1, 0.15) is 38.7 Å². The molecule has 0 aliphatic carbocycles. The number of methoxy groups -OCH3 is 1. The van der Waals surface area contributed by atoms with Crippen LogP contribution in [-0.4, -0.2) is 77.9 Å². The Balaban J connectivity index is 0.000000359. The third kappa shape index (κ3) is 7.27. The van der Waals surface area contributed by atoms with Crippen LogP contribution < -0.4 is 15.0 Å². The predicted octanol–water partition coefficient (Wildman–Crippen LogP) is 5.52. The van der Waals surface area contributed by atoms with Gasteiger partial charge in [-0.05, 0) is 37.6 Å². The van der Waals surface area contributed by atoms with Gasteiger partial charge in [-0.3, -0.25) is 9.88 Å². The highest BCUT2D eigenvalue weighted by Gasteiger charge is 2.35. The number of nitriles is 1. The van der Waals surface area contributed by atoms with Crippen LogP contribution in [0, 0.1) is 23.0 Å². The van der Waals surface area contributed by atoms with E-state index in [0.717, 1.165) is 25.6 Å². The van der Waals surface area contributed by atoms with Crippen LogP contribution in [-0.2, 0) is 6.18 Å². The summed E-state index contributed by atoms with van der Waals surface area (Å²) >= 11 is 0. The van der Waals surface area contributed by atoms with Crippen molar-refractivity contribution in [3.63, 3.8) is 0 Å². The normalized spacial score (nSPS) is 20.9. The van der Waals surface area contributed by atoms with Gasteiger partial charge in [0.15, 0.2) is 5.82 Å². The summed E-state index contributed by atoms with van der Waals surface area (Å²) in [7, 11) is 1.27. The average Bonchev–Trinajstić information content (AvgIpc) is 3.36. The number of hydrogen-bond donors (Lipinski definition) is 1. The van der Waals surface area contributed by atoms with Crippen LogP contribution in [0.15, 0.2) is 24.4 Å². The lowest BCUT2D eigenvalue weighted by molar-refractivity contribution is -0.137. The zero-order valence-corrected chi connectivity index (χ0v) is 24.1. The molecule has 3 unspecified atom stereocenters. The maximum absolute atomic E-state index is 15.5. The van der Waals surface area contributed by atoms with Crippen LogP contribution in [0.2, 0.25) is 0 Å². The number of halogens is 6. The molecular weight excluding hydrogens is 576 g/mol. The van der Waals surface area contributed by atoms with Crippen LogP contribution in [0.5, 0.6) is 6.01 Å². The molecule has 0 saturated carbocycles. The van der Waals surface area contributed by atoms with Gasteiger partial charge >= 0.3 is 12.2 Å². The molecule has 1 aromatic carbocycles. The zero-order chi connectivity index (χ0) is 31.3. The highest BCUT2D eigenvalue weighted by molar-refractivity contribution is 5.92. The molecule has 1 N–H and O–H groups in total. The molecule has 2 saturated heterocycles. The molecular formula is C29H33F6N7O. The van der Waals surface area contributed by atoms with Crippen LogP contribution in [0.3, 0.4) is 0 Å². The summed E-state index contributed by atoms with van der Waals surface area (Å²) in [6.07, 6.45) is -2.16. The van der Waals surface area contributed by atoms with Crippen LogP contribution in [0.4, 0.5) is 32.2 Å². The van der Waals surface area contributed by atoms with Crippen molar-refractivity contribution in [3.8, 4) is 23.3 Å². The second-order valence-electron chi connectivity index (χ2n) is 10.3. The number of anilines is 1. The van der Waals surface area contributed by atoms with E-state index in [1.807, 2.05) is 0 Å². The molecule has 0 spiro atoms. The number of hydrogen-bond acceptors (Lipinski definition) is 8. The lowest BCUT2D eigenvalue weighted by Crippen LogP contribution is -2.51. The van der Waals surface area contributed by atoms with Crippen LogP contribution >= 0.6 is 0 Å². The van der Waals surface area contributed by atoms with Gasteiger partial charge in [0.25, 0.3) is 0 Å². The van der Waals surface area contributed by atoms with Gasteiger partial charge < -0.3 is 15.0 Å². The Labute approximate surface area is 245 Å². The minimum absolute atomic E-state index is 0.152. The quantitative estimate of drug-likeness (QED) is 0.366. The number of pyridine rings is 1. The summed E-state index contributed by atoms with van der Waals surface area (Å²) in [5, 5.41) is 12.3. The van der Waals surface area contributed by atoms with E-state index in [4.69, 9.17) is 10.00 Å². The van der Waals surface area contributed by atoms with E-state index in [9.17, 15) is 22.0 Å². The van der Waals surface area contributed by atoms with E-state index in [-0.39, 0.29) is 35.2 Å². The van der Waals surface area contributed by atoms with Crippen molar-refractivity contribution in [1.82, 2.24) is 25.2 Å². The van der Waals surface area contributed by atoms with E-state index >= 15 is 4.39 Å². The van der Waals surface area contributed by atoms with Crippen molar-refractivity contribution in [2.45, 2.75) is 57.5 Å². The molecule has 0 amide bonds. The summed E-state index contributed by atoms with van der Waals surface area (Å²) in [5.41, 5.74) is -2.96. The number of ether oxygens (including phenoxy) is 1. The second-order valence-corrected chi connectivity index (χ2v) is 10.3. The van der Waals surface area contributed by atoms with Gasteiger partial charge in [-0.25, -0.2) is 13.2 Å². The van der Waals surface area contributed by atoms with E-state index in [2.05, 4.69) is 45.1 Å². The van der Waals surface area contributed by atoms with Gasteiger partial charge in [-0.1, -0.05) is 13.8 Å². The molecule has 2 fully saturated rings. The Bertz CT molecular complexity index is 1450. The first-order valence-corrected chi connectivity index (χ1v) is 14.0. The lowest BCUT2D eigenvalue weighted by atomic mass is 10.0. The summed E-state index contributed by atoms with van der Waals surface area (Å²) in [6.45, 7) is 7.28. The van der Waals surface area contributed by atoms with Crippen molar-refractivity contribution in [3.05, 3.63) is 41.6 Å². The van der Waals surface area contributed by atoms with Crippen LogP contribution in [0.25, 0.3) is 22.2 Å². The fourth-order valence-corrected chi connectivity index (χ4v) is 5.50. The molecule has 8 nitrogen and oxygen atoms in total. The van der Waals surface area contributed by atoms with Crippen molar-refractivity contribution in [2.75, 3.05) is 44.7 Å². The van der Waals surface area contributed by atoms with Crippen molar-refractivity contribution < 1.29 is 31.1 Å². The third-order valence-corrected chi connectivity index (χ3v) is 7.62. The number of nitrogens with zero attached hydrogens (tertiary/aromatic N) is 6. The monoisotopic (exact) mass is 609 g/mol. The van der Waals surface area contributed by atoms with Gasteiger partial charge in [0.2, 0.25) is 0 Å². The smallest absolute Gasteiger partial charge is 0.417 e. The van der Waals surface area contributed by atoms with E-state index in [1.54, 1.807) is 4.90 Å². The second kappa shape index (κ2) is 13.7. The van der Waals surface area contributed by atoms with E-state index in [1.165, 1.54) is 7.11 Å². The Hall–Kier alpha value is -3.70. The zero-order valence-electron chi connectivity index (χ0n) is 24.1.